The van der Waals surface area contributed by atoms with Crippen LogP contribution in [0.2, 0.25) is 15.1 Å². The first-order chi connectivity index (χ1) is 21.3. The van der Waals surface area contributed by atoms with Crippen molar-refractivity contribution in [1.82, 2.24) is 10.2 Å². The van der Waals surface area contributed by atoms with Gasteiger partial charge in [-0.25, -0.2) is 8.42 Å². The number of benzene rings is 4. The van der Waals surface area contributed by atoms with Gasteiger partial charge in [-0.1, -0.05) is 102 Å². The Bertz CT molecular complexity index is 1750. The number of rotatable bonds is 11. The van der Waals surface area contributed by atoms with Gasteiger partial charge in [-0.2, -0.15) is 0 Å². The number of carbonyl (C=O) groups is 2. The summed E-state index contributed by atoms with van der Waals surface area (Å²) < 4.78 is 29.1. The second-order valence-electron chi connectivity index (χ2n) is 11.5. The molecule has 4 rings (SSSR count). The fraction of sp³-hybridized carbons (Fsp3) is 0.235. The molecule has 1 N–H and O–H groups in total. The number of nitrogens with zero attached hydrogens (tertiary/aromatic N) is 2. The summed E-state index contributed by atoms with van der Waals surface area (Å²) in [6.45, 7) is 4.87. The molecule has 0 aliphatic carbocycles. The van der Waals surface area contributed by atoms with E-state index >= 15 is 0 Å². The van der Waals surface area contributed by atoms with Gasteiger partial charge in [-0.05, 0) is 68.3 Å². The number of amides is 2. The fourth-order valence-corrected chi connectivity index (χ4v) is 6.62. The SMILES string of the molecule is CC(C)(C)NC(=O)[C@@H](Cc1ccccc1)N(Cc1ccccc1Cl)C(=O)CN(c1ccc(Cl)c(Cl)c1)S(=O)(=O)c1ccccc1. The molecule has 0 unspecified atom stereocenters. The quantitative estimate of drug-likeness (QED) is 0.178. The van der Waals surface area contributed by atoms with Crippen LogP contribution in [-0.4, -0.2) is 43.3 Å². The molecular weight excluding hydrogens is 653 g/mol. The van der Waals surface area contributed by atoms with Crippen molar-refractivity contribution in [3.63, 3.8) is 0 Å². The molecule has 45 heavy (non-hydrogen) atoms. The van der Waals surface area contributed by atoms with Gasteiger partial charge >= 0.3 is 0 Å². The number of hydrogen-bond donors (Lipinski definition) is 1. The van der Waals surface area contributed by atoms with Crippen LogP contribution in [0.15, 0.2) is 108 Å². The molecule has 4 aromatic carbocycles. The first-order valence-electron chi connectivity index (χ1n) is 14.2. The third kappa shape index (κ3) is 9.01. The first kappa shape index (κ1) is 34.3. The highest BCUT2D eigenvalue weighted by molar-refractivity contribution is 7.92. The van der Waals surface area contributed by atoms with Gasteiger partial charge in [0.25, 0.3) is 10.0 Å². The largest absolute Gasteiger partial charge is 0.350 e. The van der Waals surface area contributed by atoms with Gasteiger partial charge in [0.1, 0.15) is 12.6 Å². The van der Waals surface area contributed by atoms with E-state index in [1.54, 1.807) is 42.5 Å². The summed E-state index contributed by atoms with van der Waals surface area (Å²) in [5, 5.41) is 3.75. The van der Waals surface area contributed by atoms with Gasteiger partial charge < -0.3 is 10.2 Å². The third-order valence-electron chi connectivity index (χ3n) is 6.87. The predicted molar refractivity (Wildman–Crippen MR) is 181 cm³/mol. The molecule has 2 amide bonds. The van der Waals surface area contributed by atoms with Gasteiger partial charge in [0.2, 0.25) is 11.8 Å². The Morgan fingerprint density at radius 1 is 0.778 bits per heavy atom. The third-order valence-corrected chi connectivity index (χ3v) is 9.76. The highest BCUT2D eigenvalue weighted by Gasteiger charge is 2.36. The number of anilines is 1. The zero-order valence-corrected chi connectivity index (χ0v) is 28.2. The maximum Gasteiger partial charge on any atom is 0.264 e. The Labute approximate surface area is 279 Å². The van der Waals surface area contributed by atoms with Crippen LogP contribution in [-0.2, 0) is 32.6 Å². The Balaban J connectivity index is 1.84. The van der Waals surface area contributed by atoms with Gasteiger partial charge in [0.05, 0.1) is 20.6 Å². The lowest BCUT2D eigenvalue weighted by molar-refractivity contribution is -0.140. The standard InChI is InChI=1S/C34H34Cl3N3O4S/c1-34(2,3)38-33(42)31(20-24-12-6-4-7-13-24)39(22-25-14-10-11-17-28(25)35)32(41)23-40(26-18-19-29(36)30(37)21-26)45(43,44)27-15-8-5-9-16-27/h4-19,21,31H,20,22-23H2,1-3H3,(H,38,42)/t31-/m1/s1. The summed E-state index contributed by atoms with van der Waals surface area (Å²) in [6.07, 6.45) is 0.178. The van der Waals surface area contributed by atoms with Crippen molar-refractivity contribution in [3.05, 3.63) is 129 Å². The molecule has 4 aromatic rings. The van der Waals surface area contributed by atoms with E-state index in [1.807, 2.05) is 51.1 Å². The summed E-state index contributed by atoms with van der Waals surface area (Å²) in [4.78, 5) is 29.8. The van der Waals surface area contributed by atoms with Crippen LogP contribution in [0.25, 0.3) is 0 Å². The molecule has 0 heterocycles. The molecule has 236 valence electrons. The van der Waals surface area contributed by atoms with E-state index in [1.165, 1.54) is 35.2 Å². The number of halogens is 3. The van der Waals surface area contributed by atoms with Crippen LogP contribution in [0.1, 0.15) is 31.9 Å². The maximum atomic E-state index is 14.5. The van der Waals surface area contributed by atoms with Gasteiger partial charge in [0.15, 0.2) is 0 Å². The zero-order valence-electron chi connectivity index (χ0n) is 25.1. The smallest absolute Gasteiger partial charge is 0.264 e. The highest BCUT2D eigenvalue weighted by Crippen LogP contribution is 2.31. The molecule has 0 bridgehead atoms. The van der Waals surface area contributed by atoms with Crippen molar-refractivity contribution in [1.29, 1.82) is 0 Å². The van der Waals surface area contributed by atoms with Crippen LogP contribution in [0, 0.1) is 0 Å². The summed E-state index contributed by atoms with van der Waals surface area (Å²) >= 11 is 19.0. The Hall–Kier alpha value is -3.56. The van der Waals surface area contributed by atoms with Crippen molar-refractivity contribution in [2.75, 3.05) is 10.8 Å². The molecule has 0 spiro atoms. The second-order valence-corrected chi connectivity index (χ2v) is 14.6. The average Bonchev–Trinajstić information content (AvgIpc) is 3.00. The minimum Gasteiger partial charge on any atom is -0.350 e. The molecule has 0 saturated heterocycles. The topological polar surface area (TPSA) is 86.8 Å². The van der Waals surface area contributed by atoms with Crippen LogP contribution in [0.5, 0.6) is 0 Å². The molecule has 0 radical (unpaired) electrons. The summed E-state index contributed by atoms with van der Waals surface area (Å²) in [6, 6.07) is 27.4. The molecule has 0 saturated carbocycles. The van der Waals surface area contributed by atoms with E-state index in [2.05, 4.69) is 5.32 Å². The average molecular weight is 687 g/mol. The number of sulfonamides is 1. The number of hydrogen-bond acceptors (Lipinski definition) is 4. The molecule has 1 atom stereocenters. The minimum atomic E-state index is -4.27. The summed E-state index contributed by atoms with van der Waals surface area (Å²) in [7, 11) is -4.27. The predicted octanol–water partition coefficient (Wildman–Crippen LogP) is 7.40. The summed E-state index contributed by atoms with van der Waals surface area (Å²) in [5.74, 6) is -1.01. The van der Waals surface area contributed by atoms with Crippen molar-refractivity contribution in [2.45, 2.75) is 50.2 Å². The molecule has 0 fully saturated rings. The van der Waals surface area contributed by atoms with Crippen molar-refractivity contribution >= 4 is 62.3 Å². The van der Waals surface area contributed by atoms with Crippen LogP contribution < -0.4 is 9.62 Å². The normalized spacial score (nSPS) is 12.3. The van der Waals surface area contributed by atoms with E-state index in [0.717, 1.165) is 9.87 Å². The molecule has 7 nitrogen and oxygen atoms in total. The highest BCUT2D eigenvalue weighted by atomic mass is 35.5. The van der Waals surface area contributed by atoms with E-state index in [4.69, 9.17) is 34.8 Å². The number of nitrogens with one attached hydrogen (secondary N) is 1. The maximum absolute atomic E-state index is 14.5. The molecular formula is C34H34Cl3N3O4S. The monoisotopic (exact) mass is 685 g/mol. The van der Waals surface area contributed by atoms with Crippen LogP contribution in [0.3, 0.4) is 0 Å². The lowest BCUT2D eigenvalue weighted by Gasteiger charge is -2.35. The molecule has 11 heteroatoms. The Kier molecular flexibility index (Phi) is 11.2. The molecule has 0 aromatic heterocycles. The van der Waals surface area contributed by atoms with Gasteiger partial charge in [-0.15, -0.1) is 0 Å². The second kappa shape index (κ2) is 14.7. The van der Waals surface area contributed by atoms with E-state index < -0.39 is 40.0 Å². The Morgan fingerprint density at radius 3 is 1.98 bits per heavy atom. The van der Waals surface area contributed by atoms with Crippen molar-refractivity contribution in [2.24, 2.45) is 0 Å². The fourth-order valence-electron chi connectivity index (χ4n) is 4.71. The first-order valence-corrected chi connectivity index (χ1v) is 16.8. The van der Waals surface area contributed by atoms with Gasteiger partial charge in [0, 0.05) is 23.5 Å². The van der Waals surface area contributed by atoms with Crippen LogP contribution >= 0.6 is 34.8 Å². The van der Waals surface area contributed by atoms with Crippen LogP contribution in [0.4, 0.5) is 5.69 Å². The van der Waals surface area contributed by atoms with E-state index in [-0.39, 0.29) is 33.6 Å². The van der Waals surface area contributed by atoms with Crippen molar-refractivity contribution in [3.8, 4) is 0 Å². The molecule has 0 aliphatic heterocycles. The zero-order chi connectivity index (χ0) is 32.8. The molecule has 0 aliphatic rings. The minimum absolute atomic E-state index is 0.0205. The summed E-state index contributed by atoms with van der Waals surface area (Å²) in [5.41, 5.74) is 0.953. The van der Waals surface area contributed by atoms with E-state index in [9.17, 15) is 18.0 Å². The lowest BCUT2D eigenvalue weighted by Crippen LogP contribution is -2.56. The number of carbonyl (C=O) groups excluding carboxylic acids is 2. The Morgan fingerprint density at radius 2 is 1.38 bits per heavy atom. The van der Waals surface area contributed by atoms with Gasteiger partial charge in [-0.3, -0.25) is 13.9 Å². The van der Waals surface area contributed by atoms with Crippen molar-refractivity contribution < 1.29 is 18.0 Å². The lowest BCUT2D eigenvalue weighted by atomic mass is 10.0. The van der Waals surface area contributed by atoms with E-state index in [0.29, 0.717) is 10.6 Å².